The van der Waals surface area contributed by atoms with E-state index in [2.05, 4.69) is 0 Å². The first-order chi connectivity index (χ1) is 19.4. The highest BCUT2D eigenvalue weighted by Crippen LogP contribution is 2.36. The molecular weight excluding hydrogens is 524 g/mol. The van der Waals surface area contributed by atoms with Crippen molar-refractivity contribution in [2.24, 2.45) is 0 Å². The quantitative estimate of drug-likeness (QED) is 0.239. The van der Waals surface area contributed by atoms with E-state index in [9.17, 15) is 13.6 Å². The van der Waals surface area contributed by atoms with Crippen molar-refractivity contribution in [3.8, 4) is 34.0 Å². The summed E-state index contributed by atoms with van der Waals surface area (Å²) in [5.74, 6) is 0.620. The minimum absolute atomic E-state index is 0.0687. The van der Waals surface area contributed by atoms with Crippen LogP contribution in [0.1, 0.15) is 11.1 Å². The van der Waals surface area contributed by atoms with Crippen molar-refractivity contribution < 1.29 is 18.3 Å². The Hall–Kier alpha value is -4.73. The van der Waals surface area contributed by atoms with E-state index in [0.29, 0.717) is 16.7 Å². The number of nitrogen functional groups attached to an aromatic ring is 1. The van der Waals surface area contributed by atoms with Crippen molar-refractivity contribution in [2.75, 3.05) is 12.3 Å². The van der Waals surface area contributed by atoms with Crippen molar-refractivity contribution in [3.63, 3.8) is 0 Å². The second kappa shape index (κ2) is 12.0. The predicted octanol–water partition coefficient (Wildman–Crippen LogP) is 5.93. The molecule has 0 bridgehead atoms. The summed E-state index contributed by atoms with van der Waals surface area (Å²) < 4.78 is 31.4. The molecule has 1 aromatic heterocycles. The molecule has 0 spiro atoms. The molecule has 0 radical (unpaired) electrons. The third kappa shape index (κ3) is 5.96. The first-order valence-corrected chi connectivity index (χ1v) is 13.7. The molecule has 1 heterocycles. The van der Waals surface area contributed by atoms with Gasteiger partial charge in [-0.3, -0.25) is 8.78 Å². The van der Waals surface area contributed by atoms with Crippen molar-refractivity contribution in [1.29, 1.82) is 0 Å². The predicted molar refractivity (Wildman–Crippen MR) is 155 cm³/mol. The molecule has 2 N–H and O–H groups in total. The molecule has 1 unspecified atom stereocenters. The number of aryl methyl sites for hydroxylation is 1. The van der Waals surface area contributed by atoms with E-state index in [1.807, 2.05) is 96.4 Å². The molecule has 202 valence electrons. The first kappa shape index (κ1) is 26.9. The van der Waals surface area contributed by atoms with Gasteiger partial charge < -0.3 is 15.0 Å². The van der Waals surface area contributed by atoms with Gasteiger partial charge in [0.05, 0.1) is 22.7 Å². The van der Waals surface area contributed by atoms with Crippen molar-refractivity contribution in [1.82, 2.24) is 13.9 Å². The summed E-state index contributed by atoms with van der Waals surface area (Å²) in [5.41, 5.74) is 12.6. The van der Waals surface area contributed by atoms with E-state index in [1.165, 1.54) is 0 Å². The Morgan fingerprint density at radius 1 is 0.900 bits per heavy atom. The molecule has 5 aromatic rings. The van der Waals surface area contributed by atoms with E-state index in [1.54, 1.807) is 24.3 Å². The molecule has 0 aliphatic rings. The van der Waals surface area contributed by atoms with Gasteiger partial charge in [0.15, 0.2) is 0 Å². The number of ether oxygens (including phenoxy) is 1. The van der Waals surface area contributed by atoms with E-state index in [0.717, 1.165) is 39.3 Å². The molecule has 1 amide bonds. The van der Waals surface area contributed by atoms with Crippen molar-refractivity contribution in [2.45, 2.75) is 13.3 Å². The fourth-order valence-corrected chi connectivity index (χ4v) is 4.78. The molecule has 0 aliphatic heterocycles. The summed E-state index contributed by atoms with van der Waals surface area (Å²) >= 11 is -2.78. The molecule has 0 saturated heterocycles. The Balaban J connectivity index is 1.38. The number of hydrogen-bond acceptors (Lipinski definition) is 6. The number of carbonyl (C=O) groups excluding carboxylic acids is 1. The van der Waals surface area contributed by atoms with Crippen LogP contribution in [-0.4, -0.2) is 35.3 Å². The lowest BCUT2D eigenvalue weighted by Crippen LogP contribution is -2.36. The summed E-state index contributed by atoms with van der Waals surface area (Å²) in [6.45, 7) is 1.84. The zero-order valence-electron chi connectivity index (χ0n) is 21.8. The number of benzene rings is 4. The van der Waals surface area contributed by atoms with E-state index in [4.69, 9.17) is 15.5 Å². The average molecular weight is 552 g/mol. The molecule has 0 saturated carbocycles. The molecular formula is C31H27N4O4S-. The van der Waals surface area contributed by atoms with Crippen LogP contribution in [0.3, 0.4) is 0 Å². The number of amides is 1. The van der Waals surface area contributed by atoms with E-state index in [-0.39, 0.29) is 12.3 Å². The normalized spacial score (nSPS) is 11.7. The lowest BCUT2D eigenvalue weighted by molar-refractivity contribution is 0.178. The SMILES string of the molecule is Cc1ccc(OC(=O)N(CCc2ccc(-n3c(N)nc(-c4ccccc4)c3-c3ccccc3)cc2)S(=O)[O-])cc1. The molecule has 0 aliphatic carbocycles. The van der Waals surface area contributed by atoms with Crippen LogP contribution in [0.5, 0.6) is 5.75 Å². The Morgan fingerprint density at radius 2 is 1.50 bits per heavy atom. The highest BCUT2D eigenvalue weighted by atomic mass is 32.2. The number of hydrogen-bond donors (Lipinski definition) is 1. The number of anilines is 1. The average Bonchev–Trinajstić information content (AvgIpc) is 3.32. The lowest BCUT2D eigenvalue weighted by atomic mass is 10.0. The third-order valence-electron chi connectivity index (χ3n) is 6.41. The van der Waals surface area contributed by atoms with E-state index < -0.39 is 17.4 Å². The molecule has 5 rings (SSSR count). The molecule has 40 heavy (non-hydrogen) atoms. The summed E-state index contributed by atoms with van der Waals surface area (Å²) in [7, 11) is 0. The van der Waals surface area contributed by atoms with Gasteiger partial charge in [0.25, 0.3) is 0 Å². The van der Waals surface area contributed by atoms with Crippen LogP contribution in [0.15, 0.2) is 109 Å². The largest absolute Gasteiger partial charge is 0.755 e. The van der Waals surface area contributed by atoms with Crippen LogP contribution in [0.25, 0.3) is 28.2 Å². The van der Waals surface area contributed by atoms with Crippen LogP contribution >= 0.6 is 0 Å². The highest BCUT2D eigenvalue weighted by molar-refractivity contribution is 7.77. The van der Waals surface area contributed by atoms with Gasteiger partial charge >= 0.3 is 6.09 Å². The van der Waals surface area contributed by atoms with Gasteiger partial charge in [-0.05, 0) is 43.2 Å². The maximum atomic E-state index is 12.5. The van der Waals surface area contributed by atoms with Crippen LogP contribution in [0, 0.1) is 6.92 Å². The smallest absolute Gasteiger partial charge is 0.426 e. The number of aromatic nitrogens is 2. The summed E-state index contributed by atoms with van der Waals surface area (Å²) in [5, 5.41) is 0. The highest BCUT2D eigenvalue weighted by Gasteiger charge is 2.20. The van der Waals surface area contributed by atoms with Gasteiger partial charge in [0.1, 0.15) is 5.75 Å². The van der Waals surface area contributed by atoms with Crippen LogP contribution < -0.4 is 10.5 Å². The first-order valence-electron chi connectivity index (χ1n) is 12.6. The van der Waals surface area contributed by atoms with E-state index >= 15 is 0 Å². The molecule has 0 fully saturated rings. The van der Waals surface area contributed by atoms with Gasteiger partial charge in [-0.25, -0.2) is 14.1 Å². The molecule has 4 aromatic carbocycles. The van der Waals surface area contributed by atoms with Gasteiger partial charge in [-0.1, -0.05) is 90.5 Å². The van der Waals surface area contributed by atoms with Crippen LogP contribution in [-0.2, 0) is 17.7 Å². The van der Waals surface area contributed by atoms with Gasteiger partial charge in [0.2, 0.25) is 5.95 Å². The fourth-order valence-electron chi connectivity index (χ4n) is 4.39. The number of rotatable bonds is 8. The molecule has 8 nitrogen and oxygen atoms in total. The van der Waals surface area contributed by atoms with Crippen LogP contribution in [0.4, 0.5) is 10.7 Å². The zero-order valence-corrected chi connectivity index (χ0v) is 22.6. The Bertz CT molecular complexity index is 1620. The fraction of sp³-hybridized carbons (Fsp3) is 0.0968. The molecule has 1 atom stereocenters. The summed E-state index contributed by atoms with van der Waals surface area (Å²) in [6, 6.07) is 34.1. The monoisotopic (exact) mass is 551 g/mol. The number of nitrogens with zero attached hydrogens (tertiary/aromatic N) is 3. The van der Waals surface area contributed by atoms with Gasteiger partial charge in [0, 0.05) is 23.4 Å². The molecule has 9 heteroatoms. The lowest BCUT2D eigenvalue weighted by Gasteiger charge is -2.23. The Kier molecular flexibility index (Phi) is 8.04. The summed E-state index contributed by atoms with van der Waals surface area (Å²) in [6.07, 6.45) is -0.654. The summed E-state index contributed by atoms with van der Waals surface area (Å²) in [4.78, 5) is 17.2. The number of nitrogens with two attached hydrogens (primary N) is 1. The number of imidazole rings is 1. The van der Waals surface area contributed by atoms with Crippen molar-refractivity contribution >= 4 is 23.3 Å². The zero-order chi connectivity index (χ0) is 28.1. The second-order valence-corrected chi connectivity index (χ2v) is 10.0. The minimum atomic E-state index is -2.78. The van der Waals surface area contributed by atoms with Crippen molar-refractivity contribution in [3.05, 3.63) is 120 Å². The van der Waals surface area contributed by atoms with Gasteiger partial charge in [-0.15, -0.1) is 0 Å². The second-order valence-electron chi connectivity index (χ2n) is 9.15. The number of carbonyl (C=O) groups is 1. The topological polar surface area (TPSA) is 114 Å². The Morgan fingerprint density at radius 3 is 2.10 bits per heavy atom. The Labute approximate surface area is 235 Å². The minimum Gasteiger partial charge on any atom is -0.755 e. The maximum Gasteiger partial charge on any atom is 0.426 e. The third-order valence-corrected chi connectivity index (χ3v) is 7.10. The van der Waals surface area contributed by atoms with Gasteiger partial charge in [-0.2, -0.15) is 0 Å². The van der Waals surface area contributed by atoms with Crippen LogP contribution in [0.2, 0.25) is 0 Å². The standard InChI is InChI=1S/C31H28N4O4S/c1-22-12-18-27(19-13-22)39-31(36)34(40(37)38)21-20-23-14-16-26(17-15-23)35-29(25-10-6-3-7-11-25)28(33-30(35)32)24-8-4-2-5-9-24/h2-19H,20-21H2,1H3,(H2,32,33)(H,37,38)/p-1. The maximum absolute atomic E-state index is 12.5.